The number of aryl methyl sites for hydroxylation is 1. The van der Waals surface area contributed by atoms with Gasteiger partial charge in [0.1, 0.15) is 11.5 Å². The Labute approximate surface area is 119 Å². The fourth-order valence-electron chi connectivity index (χ4n) is 2.84. The first-order valence-corrected chi connectivity index (χ1v) is 7.24. The Morgan fingerprint density at radius 2 is 2.40 bits per heavy atom. The number of likely N-dealkylation sites (tertiary alicyclic amines) is 1. The zero-order valence-corrected chi connectivity index (χ0v) is 12.1. The van der Waals surface area contributed by atoms with E-state index in [1.165, 1.54) is 19.4 Å². The molecule has 3 rings (SSSR count). The van der Waals surface area contributed by atoms with Crippen molar-refractivity contribution in [3.8, 4) is 11.5 Å². The monoisotopic (exact) mass is 274 g/mol. The largest absolute Gasteiger partial charge is 0.460 e. The molecule has 0 aliphatic carbocycles. The molecule has 2 aromatic heterocycles. The molecule has 1 saturated heterocycles. The molecule has 0 aromatic carbocycles. The summed E-state index contributed by atoms with van der Waals surface area (Å²) in [5.41, 5.74) is 2.13. The maximum absolute atomic E-state index is 5.66. The molecule has 2 aromatic rings. The summed E-state index contributed by atoms with van der Waals surface area (Å²) in [7, 11) is 2.20. The summed E-state index contributed by atoms with van der Waals surface area (Å²) >= 11 is 0. The molecule has 0 saturated carbocycles. The van der Waals surface area contributed by atoms with Gasteiger partial charge < -0.3 is 14.6 Å². The SMILES string of the molecule is Cc1ccc(-c2[nH]ncc2CNC[C@@H]2CCCN2C)o1. The number of likely N-dealkylation sites (N-methyl/N-ethyl adjacent to an activating group) is 1. The van der Waals surface area contributed by atoms with Gasteiger partial charge in [-0.15, -0.1) is 0 Å². The van der Waals surface area contributed by atoms with Crippen molar-refractivity contribution >= 4 is 0 Å². The van der Waals surface area contributed by atoms with E-state index < -0.39 is 0 Å². The molecule has 0 radical (unpaired) electrons. The van der Waals surface area contributed by atoms with Crippen LogP contribution in [-0.4, -0.2) is 41.3 Å². The number of nitrogens with zero attached hydrogens (tertiary/aromatic N) is 2. The predicted molar refractivity (Wildman–Crippen MR) is 78.4 cm³/mol. The third kappa shape index (κ3) is 2.78. The molecule has 0 unspecified atom stereocenters. The lowest BCUT2D eigenvalue weighted by Crippen LogP contribution is -2.35. The summed E-state index contributed by atoms with van der Waals surface area (Å²) in [6.07, 6.45) is 4.48. The molecular weight excluding hydrogens is 252 g/mol. The van der Waals surface area contributed by atoms with E-state index in [2.05, 4.69) is 27.5 Å². The van der Waals surface area contributed by atoms with Gasteiger partial charge in [0, 0.05) is 24.7 Å². The smallest absolute Gasteiger partial charge is 0.152 e. The van der Waals surface area contributed by atoms with E-state index in [9.17, 15) is 0 Å². The van der Waals surface area contributed by atoms with Crippen LogP contribution in [0.5, 0.6) is 0 Å². The number of H-pyrrole nitrogens is 1. The van der Waals surface area contributed by atoms with Crippen molar-refractivity contribution in [2.75, 3.05) is 20.1 Å². The zero-order chi connectivity index (χ0) is 13.9. The van der Waals surface area contributed by atoms with Crippen molar-refractivity contribution in [3.63, 3.8) is 0 Å². The molecule has 0 spiro atoms. The van der Waals surface area contributed by atoms with Gasteiger partial charge in [0.05, 0.1) is 6.20 Å². The molecule has 0 amide bonds. The summed E-state index contributed by atoms with van der Waals surface area (Å²) < 4.78 is 5.66. The normalized spacial score (nSPS) is 19.8. The van der Waals surface area contributed by atoms with Gasteiger partial charge in [-0.25, -0.2) is 0 Å². The average Bonchev–Trinajstić information content (AvgIpc) is 3.12. The minimum Gasteiger partial charge on any atom is -0.460 e. The predicted octanol–water partition coefficient (Wildman–Crippen LogP) is 2.16. The van der Waals surface area contributed by atoms with Crippen molar-refractivity contribution in [1.29, 1.82) is 0 Å². The van der Waals surface area contributed by atoms with Gasteiger partial charge in [-0.2, -0.15) is 5.10 Å². The van der Waals surface area contributed by atoms with Crippen molar-refractivity contribution < 1.29 is 4.42 Å². The standard InChI is InChI=1S/C15H22N4O/c1-11-5-6-14(20-11)15-12(9-17-18-15)8-16-10-13-4-3-7-19(13)2/h5-6,9,13,16H,3-4,7-8,10H2,1-2H3,(H,17,18)/t13-/m0/s1. The minimum absolute atomic E-state index is 0.663. The molecule has 2 N–H and O–H groups in total. The number of hydrogen-bond donors (Lipinski definition) is 2. The first kappa shape index (κ1) is 13.4. The molecule has 1 aliphatic heterocycles. The summed E-state index contributed by atoms with van der Waals surface area (Å²) in [5.74, 6) is 1.77. The maximum atomic E-state index is 5.66. The molecule has 0 bridgehead atoms. The van der Waals surface area contributed by atoms with E-state index in [4.69, 9.17) is 4.42 Å². The van der Waals surface area contributed by atoms with Crippen LogP contribution in [0.3, 0.4) is 0 Å². The minimum atomic E-state index is 0.663. The number of furan rings is 1. The molecule has 1 aliphatic rings. The van der Waals surface area contributed by atoms with E-state index in [1.807, 2.05) is 25.3 Å². The van der Waals surface area contributed by atoms with Crippen LogP contribution in [0.4, 0.5) is 0 Å². The van der Waals surface area contributed by atoms with Crippen LogP contribution in [-0.2, 0) is 6.54 Å². The lowest BCUT2D eigenvalue weighted by Gasteiger charge is -2.19. The Morgan fingerprint density at radius 1 is 1.50 bits per heavy atom. The summed E-state index contributed by atoms with van der Waals surface area (Å²) in [5, 5.41) is 10.7. The molecule has 20 heavy (non-hydrogen) atoms. The molecule has 3 heterocycles. The van der Waals surface area contributed by atoms with Gasteiger partial charge in [0.15, 0.2) is 5.76 Å². The second-order valence-corrected chi connectivity index (χ2v) is 5.59. The Hall–Kier alpha value is -1.59. The number of aromatic nitrogens is 2. The third-order valence-corrected chi connectivity index (χ3v) is 4.07. The second kappa shape index (κ2) is 5.81. The molecule has 1 fully saturated rings. The van der Waals surface area contributed by atoms with Gasteiger partial charge in [0.2, 0.25) is 0 Å². The molecule has 108 valence electrons. The van der Waals surface area contributed by atoms with Crippen molar-refractivity contribution in [2.24, 2.45) is 0 Å². The van der Waals surface area contributed by atoms with Crippen LogP contribution in [0.2, 0.25) is 0 Å². The summed E-state index contributed by atoms with van der Waals surface area (Å²) in [6.45, 7) is 5.01. The molecule has 1 atom stereocenters. The quantitative estimate of drug-likeness (QED) is 0.877. The van der Waals surface area contributed by atoms with Gasteiger partial charge in [-0.1, -0.05) is 0 Å². The summed E-state index contributed by atoms with van der Waals surface area (Å²) in [4.78, 5) is 2.43. The second-order valence-electron chi connectivity index (χ2n) is 5.59. The van der Waals surface area contributed by atoms with E-state index in [0.29, 0.717) is 6.04 Å². The Morgan fingerprint density at radius 3 is 3.10 bits per heavy atom. The van der Waals surface area contributed by atoms with Gasteiger partial charge in [-0.3, -0.25) is 5.10 Å². The Balaban J connectivity index is 1.60. The van der Waals surface area contributed by atoms with Crippen molar-refractivity contribution in [3.05, 3.63) is 29.7 Å². The van der Waals surface area contributed by atoms with Crippen LogP contribution in [0, 0.1) is 6.92 Å². The van der Waals surface area contributed by atoms with Crippen LogP contribution < -0.4 is 5.32 Å². The molecule has 5 nitrogen and oxygen atoms in total. The highest BCUT2D eigenvalue weighted by Crippen LogP contribution is 2.23. The number of nitrogens with one attached hydrogen (secondary N) is 2. The number of rotatable bonds is 5. The lowest BCUT2D eigenvalue weighted by molar-refractivity contribution is 0.300. The van der Waals surface area contributed by atoms with Crippen LogP contribution in [0.25, 0.3) is 11.5 Å². The number of hydrogen-bond acceptors (Lipinski definition) is 4. The van der Waals surface area contributed by atoms with Crippen LogP contribution in [0.1, 0.15) is 24.2 Å². The zero-order valence-electron chi connectivity index (χ0n) is 12.1. The Kier molecular flexibility index (Phi) is 3.89. The van der Waals surface area contributed by atoms with Gasteiger partial charge >= 0.3 is 0 Å². The lowest BCUT2D eigenvalue weighted by atomic mass is 10.2. The topological polar surface area (TPSA) is 57.1 Å². The van der Waals surface area contributed by atoms with E-state index >= 15 is 0 Å². The summed E-state index contributed by atoms with van der Waals surface area (Å²) in [6, 6.07) is 4.62. The van der Waals surface area contributed by atoms with Crippen LogP contribution >= 0.6 is 0 Å². The van der Waals surface area contributed by atoms with E-state index in [-0.39, 0.29) is 0 Å². The first-order chi connectivity index (χ1) is 9.74. The number of aromatic amines is 1. The molecular formula is C15H22N4O. The highest BCUT2D eigenvalue weighted by atomic mass is 16.3. The van der Waals surface area contributed by atoms with Crippen molar-refractivity contribution in [1.82, 2.24) is 20.4 Å². The van der Waals surface area contributed by atoms with Gasteiger partial charge in [-0.05, 0) is 45.5 Å². The third-order valence-electron chi connectivity index (χ3n) is 4.07. The highest BCUT2D eigenvalue weighted by Gasteiger charge is 2.20. The van der Waals surface area contributed by atoms with E-state index in [0.717, 1.165) is 35.9 Å². The Bertz CT molecular complexity index is 560. The van der Waals surface area contributed by atoms with Gasteiger partial charge in [0.25, 0.3) is 0 Å². The van der Waals surface area contributed by atoms with Crippen molar-refractivity contribution in [2.45, 2.75) is 32.4 Å². The molecule has 5 heteroatoms. The first-order valence-electron chi connectivity index (χ1n) is 7.24. The van der Waals surface area contributed by atoms with Crippen LogP contribution in [0.15, 0.2) is 22.7 Å². The fourth-order valence-corrected chi connectivity index (χ4v) is 2.84. The highest BCUT2D eigenvalue weighted by molar-refractivity contribution is 5.56. The maximum Gasteiger partial charge on any atom is 0.152 e. The van der Waals surface area contributed by atoms with E-state index in [1.54, 1.807) is 0 Å². The average molecular weight is 274 g/mol. The fraction of sp³-hybridized carbons (Fsp3) is 0.533.